The summed E-state index contributed by atoms with van der Waals surface area (Å²) in [6.45, 7) is 5.67. The lowest BCUT2D eigenvalue weighted by Crippen LogP contribution is -2.49. The van der Waals surface area contributed by atoms with E-state index in [2.05, 4.69) is 0 Å². The highest BCUT2D eigenvalue weighted by Crippen LogP contribution is 2.46. The number of ether oxygens (including phenoxy) is 1. The van der Waals surface area contributed by atoms with Crippen LogP contribution < -0.4 is 0 Å². The minimum absolute atomic E-state index is 0.0583. The highest BCUT2D eigenvalue weighted by molar-refractivity contribution is 5.71. The van der Waals surface area contributed by atoms with Gasteiger partial charge in [0.1, 0.15) is 5.60 Å². The average molecular weight is 227 g/mol. The lowest BCUT2D eigenvalue weighted by Gasteiger charge is -2.34. The van der Waals surface area contributed by atoms with Gasteiger partial charge < -0.3 is 9.84 Å². The zero-order valence-corrected chi connectivity index (χ0v) is 10.3. The van der Waals surface area contributed by atoms with Gasteiger partial charge in [0, 0.05) is 6.04 Å². The van der Waals surface area contributed by atoms with E-state index in [-0.39, 0.29) is 24.3 Å². The standard InChI is InChI=1S/C12H21NO3/c1-11(2,3)16-10(15)13-9-4-6-12(13,8-14)7-5-9/h9,14H,4-8H2,1-3H3. The number of carbonyl (C=O) groups is 1. The van der Waals surface area contributed by atoms with Crippen LogP contribution in [0.2, 0.25) is 0 Å². The molecular weight excluding hydrogens is 206 g/mol. The molecule has 2 bridgehead atoms. The number of aliphatic hydroxyl groups excluding tert-OH is 1. The SMILES string of the molecule is CC(C)(C)OC(=O)N1C2CCC1(CO)CC2. The lowest BCUT2D eigenvalue weighted by atomic mass is 9.89. The third-order valence-corrected chi connectivity index (χ3v) is 3.65. The zero-order valence-electron chi connectivity index (χ0n) is 10.3. The molecule has 1 amide bonds. The first-order chi connectivity index (χ1) is 7.38. The van der Waals surface area contributed by atoms with Crippen molar-refractivity contribution in [2.45, 2.75) is 63.6 Å². The van der Waals surface area contributed by atoms with Crippen LogP contribution in [0.3, 0.4) is 0 Å². The summed E-state index contributed by atoms with van der Waals surface area (Å²) in [6, 6.07) is 0.280. The molecule has 2 saturated heterocycles. The number of hydrogen-bond donors (Lipinski definition) is 1. The van der Waals surface area contributed by atoms with Gasteiger partial charge in [-0.2, -0.15) is 0 Å². The van der Waals surface area contributed by atoms with E-state index in [1.807, 2.05) is 20.8 Å². The van der Waals surface area contributed by atoms with Crippen LogP contribution in [0.4, 0.5) is 4.79 Å². The Morgan fingerprint density at radius 3 is 2.44 bits per heavy atom. The molecule has 2 heterocycles. The smallest absolute Gasteiger partial charge is 0.411 e. The van der Waals surface area contributed by atoms with Crippen LogP contribution in [-0.4, -0.2) is 39.9 Å². The Hall–Kier alpha value is -0.770. The minimum Gasteiger partial charge on any atom is -0.444 e. The molecule has 0 saturated carbocycles. The molecule has 0 atom stereocenters. The summed E-state index contributed by atoms with van der Waals surface area (Å²) in [6.07, 6.45) is 3.56. The van der Waals surface area contributed by atoms with E-state index in [1.54, 1.807) is 4.90 Å². The summed E-state index contributed by atoms with van der Waals surface area (Å²) in [7, 11) is 0. The molecule has 92 valence electrons. The number of rotatable bonds is 1. The third kappa shape index (κ3) is 1.79. The van der Waals surface area contributed by atoms with Crippen molar-refractivity contribution < 1.29 is 14.6 Å². The fraction of sp³-hybridized carbons (Fsp3) is 0.917. The van der Waals surface area contributed by atoms with Gasteiger partial charge in [0.25, 0.3) is 0 Å². The predicted molar refractivity (Wildman–Crippen MR) is 60.1 cm³/mol. The molecule has 2 fully saturated rings. The van der Waals surface area contributed by atoms with Gasteiger partial charge >= 0.3 is 6.09 Å². The van der Waals surface area contributed by atoms with Gasteiger partial charge in [0.05, 0.1) is 12.1 Å². The van der Waals surface area contributed by atoms with Gasteiger partial charge in [-0.15, -0.1) is 0 Å². The zero-order chi connectivity index (χ0) is 12.0. The quantitative estimate of drug-likeness (QED) is 0.744. The van der Waals surface area contributed by atoms with Crippen molar-refractivity contribution in [2.24, 2.45) is 0 Å². The first kappa shape index (κ1) is 11.7. The Balaban J connectivity index is 2.12. The third-order valence-electron chi connectivity index (χ3n) is 3.65. The Morgan fingerprint density at radius 2 is 2.00 bits per heavy atom. The Morgan fingerprint density at radius 1 is 1.44 bits per heavy atom. The van der Waals surface area contributed by atoms with Crippen LogP contribution in [0.25, 0.3) is 0 Å². The molecule has 0 aromatic heterocycles. The van der Waals surface area contributed by atoms with Crippen LogP contribution in [-0.2, 0) is 4.74 Å². The summed E-state index contributed by atoms with van der Waals surface area (Å²) >= 11 is 0. The second-order valence-electron chi connectivity index (χ2n) is 5.96. The van der Waals surface area contributed by atoms with E-state index >= 15 is 0 Å². The second kappa shape index (κ2) is 3.62. The molecule has 2 rings (SSSR count). The number of fused-ring (bicyclic) bond motifs is 2. The average Bonchev–Trinajstić information content (AvgIpc) is 2.70. The molecule has 16 heavy (non-hydrogen) atoms. The summed E-state index contributed by atoms with van der Waals surface area (Å²) in [4.78, 5) is 13.9. The molecule has 0 aromatic carbocycles. The molecule has 0 radical (unpaired) electrons. The van der Waals surface area contributed by atoms with E-state index in [0.717, 1.165) is 25.7 Å². The maximum atomic E-state index is 12.1. The lowest BCUT2D eigenvalue weighted by molar-refractivity contribution is -0.000801. The van der Waals surface area contributed by atoms with Gasteiger partial charge in [-0.1, -0.05) is 0 Å². The molecule has 0 spiro atoms. The van der Waals surface area contributed by atoms with Crippen LogP contribution in [0.5, 0.6) is 0 Å². The van der Waals surface area contributed by atoms with Crippen molar-refractivity contribution in [3.8, 4) is 0 Å². The number of aliphatic hydroxyl groups is 1. The number of carbonyl (C=O) groups excluding carboxylic acids is 1. The van der Waals surface area contributed by atoms with Gasteiger partial charge in [-0.05, 0) is 46.5 Å². The Kier molecular flexibility index (Phi) is 2.65. The van der Waals surface area contributed by atoms with Crippen molar-refractivity contribution in [3.63, 3.8) is 0 Å². The topological polar surface area (TPSA) is 49.8 Å². The van der Waals surface area contributed by atoms with Gasteiger partial charge in [-0.25, -0.2) is 4.79 Å². The summed E-state index contributed by atoms with van der Waals surface area (Å²) in [5.41, 5.74) is -0.789. The van der Waals surface area contributed by atoms with E-state index in [4.69, 9.17) is 4.74 Å². The van der Waals surface area contributed by atoms with Crippen molar-refractivity contribution in [1.29, 1.82) is 0 Å². The Bertz CT molecular complexity index is 287. The fourth-order valence-electron chi connectivity index (χ4n) is 2.91. The molecule has 4 heteroatoms. The maximum Gasteiger partial charge on any atom is 0.411 e. The minimum atomic E-state index is -0.463. The van der Waals surface area contributed by atoms with E-state index in [0.29, 0.717) is 0 Å². The largest absolute Gasteiger partial charge is 0.444 e. The number of nitrogens with zero attached hydrogens (tertiary/aromatic N) is 1. The van der Waals surface area contributed by atoms with Crippen LogP contribution in [0, 0.1) is 0 Å². The molecular formula is C12H21NO3. The molecule has 1 N–H and O–H groups in total. The predicted octanol–water partition coefficient (Wildman–Crippen LogP) is 1.91. The molecule has 4 nitrogen and oxygen atoms in total. The van der Waals surface area contributed by atoms with Crippen LogP contribution >= 0.6 is 0 Å². The van der Waals surface area contributed by atoms with Crippen molar-refractivity contribution in [2.75, 3.05) is 6.61 Å². The highest BCUT2D eigenvalue weighted by Gasteiger charge is 2.54. The molecule has 2 aliphatic heterocycles. The van der Waals surface area contributed by atoms with Gasteiger partial charge in [0.15, 0.2) is 0 Å². The normalized spacial score (nSPS) is 33.2. The maximum absolute atomic E-state index is 12.1. The fourth-order valence-corrected chi connectivity index (χ4v) is 2.91. The van der Waals surface area contributed by atoms with Gasteiger partial charge in [0.2, 0.25) is 0 Å². The van der Waals surface area contributed by atoms with E-state index in [1.165, 1.54) is 0 Å². The number of amides is 1. The molecule has 0 aliphatic carbocycles. The van der Waals surface area contributed by atoms with Crippen molar-refractivity contribution >= 4 is 6.09 Å². The monoisotopic (exact) mass is 227 g/mol. The summed E-state index contributed by atoms with van der Waals surface area (Å²) < 4.78 is 5.41. The Labute approximate surface area is 96.6 Å². The molecule has 0 unspecified atom stereocenters. The van der Waals surface area contributed by atoms with Crippen LogP contribution in [0.1, 0.15) is 46.5 Å². The first-order valence-corrected chi connectivity index (χ1v) is 6.01. The van der Waals surface area contributed by atoms with E-state index in [9.17, 15) is 9.90 Å². The molecule has 2 aliphatic rings. The van der Waals surface area contributed by atoms with Crippen molar-refractivity contribution in [3.05, 3.63) is 0 Å². The second-order valence-corrected chi connectivity index (χ2v) is 5.96. The highest BCUT2D eigenvalue weighted by atomic mass is 16.6. The van der Waals surface area contributed by atoms with Crippen molar-refractivity contribution in [1.82, 2.24) is 4.90 Å². The van der Waals surface area contributed by atoms with Crippen LogP contribution in [0.15, 0.2) is 0 Å². The summed E-state index contributed by atoms with van der Waals surface area (Å²) in [5.74, 6) is 0. The molecule has 0 aromatic rings. The number of hydrogen-bond acceptors (Lipinski definition) is 3. The first-order valence-electron chi connectivity index (χ1n) is 6.01. The van der Waals surface area contributed by atoms with Gasteiger partial charge in [-0.3, -0.25) is 4.90 Å². The summed E-state index contributed by atoms with van der Waals surface area (Å²) in [5, 5.41) is 9.51. The van der Waals surface area contributed by atoms with E-state index < -0.39 is 5.60 Å².